The van der Waals surface area contributed by atoms with E-state index in [1.54, 1.807) is 12.1 Å². The maximum absolute atomic E-state index is 13.8. The van der Waals surface area contributed by atoms with Gasteiger partial charge in [0.1, 0.15) is 0 Å². The monoisotopic (exact) mass is 434 g/mol. The second kappa shape index (κ2) is 8.91. The lowest BCUT2D eigenvalue weighted by atomic mass is 9.83. The predicted octanol–water partition coefficient (Wildman–Crippen LogP) is 5.10. The third kappa shape index (κ3) is 4.87. The van der Waals surface area contributed by atoms with E-state index in [1.807, 2.05) is 12.1 Å². The largest absolute Gasteiger partial charge is 0.413 e. The van der Waals surface area contributed by atoms with Crippen LogP contribution >= 0.6 is 0 Å². The molecule has 0 fully saturated rings. The number of nitrogens with zero attached hydrogens (tertiary/aromatic N) is 1. The molecule has 7 heteroatoms. The zero-order chi connectivity index (χ0) is 22.8. The molecule has 2 atom stereocenters. The average Bonchev–Trinajstić information content (AvgIpc) is 2.96. The Balaban J connectivity index is 1.77. The van der Waals surface area contributed by atoms with Crippen molar-refractivity contribution in [3.05, 3.63) is 65.2 Å². The summed E-state index contributed by atoms with van der Waals surface area (Å²) in [4.78, 5) is 12.9. The van der Waals surface area contributed by atoms with Crippen LogP contribution in [0.1, 0.15) is 43.0 Å². The van der Waals surface area contributed by atoms with Crippen molar-refractivity contribution in [2.45, 2.75) is 50.4 Å². The van der Waals surface area contributed by atoms with Crippen LogP contribution in [0.4, 0.5) is 18.9 Å². The Hall–Kier alpha value is -2.54. The number of alkyl halides is 3. The van der Waals surface area contributed by atoms with Crippen LogP contribution in [-0.2, 0) is 21.4 Å². The van der Waals surface area contributed by atoms with E-state index in [1.165, 1.54) is 37.4 Å². The molecule has 2 aromatic rings. The first-order chi connectivity index (χ1) is 14.6. The summed E-state index contributed by atoms with van der Waals surface area (Å²) < 4.78 is 46.2. The summed E-state index contributed by atoms with van der Waals surface area (Å²) in [6.07, 6.45) is -3.83. The van der Waals surface area contributed by atoms with E-state index in [4.69, 9.17) is 4.74 Å². The second-order valence-electron chi connectivity index (χ2n) is 8.59. The molecular weight excluding hydrogens is 405 g/mol. The summed E-state index contributed by atoms with van der Waals surface area (Å²) in [5.74, 6) is -0.614. The zero-order valence-electron chi connectivity index (χ0n) is 18.3. The molecule has 31 heavy (non-hydrogen) atoms. The van der Waals surface area contributed by atoms with Crippen LogP contribution in [0.3, 0.4) is 0 Å². The van der Waals surface area contributed by atoms with Gasteiger partial charge < -0.3 is 15.0 Å². The van der Waals surface area contributed by atoms with Crippen LogP contribution in [0.5, 0.6) is 0 Å². The number of hydrogen-bond acceptors (Lipinski definition) is 3. The van der Waals surface area contributed by atoms with Gasteiger partial charge in [-0.25, -0.2) is 0 Å². The molecule has 0 aromatic heterocycles. The minimum atomic E-state index is -4.58. The Labute approximate surface area is 181 Å². The third-order valence-electron chi connectivity index (χ3n) is 6.18. The molecule has 168 valence electrons. The molecule has 1 aliphatic rings. The van der Waals surface area contributed by atoms with E-state index in [-0.39, 0.29) is 30.0 Å². The molecule has 0 bridgehead atoms. The highest BCUT2D eigenvalue weighted by Gasteiger charge is 2.45. The number of hydrogen-bond donors (Lipinski definition) is 1. The van der Waals surface area contributed by atoms with E-state index in [2.05, 4.69) is 31.3 Å². The molecular formula is C24H29F3N2O2. The van der Waals surface area contributed by atoms with Gasteiger partial charge in [0.2, 0.25) is 5.91 Å². The van der Waals surface area contributed by atoms with Crippen molar-refractivity contribution in [3.63, 3.8) is 0 Å². The van der Waals surface area contributed by atoms with Crippen molar-refractivity contribution < 1.29 is 22.7 Å². The highest BCUT2D eigenvalue weighted by Crippen LogP contribution is 2.41. The summed E-state index contributed by atoms with van der Waals surface area (Å²) >= 11 is 0. The maximum atomic E-state index is 13.8. The smallest absolute Gasteiger partial charge is 0.384 e. The van der Waals surface area contributed by atoms with E-state index >= 15 is 0 Å². The number of carbonyl (C=O) groups is 1. The first-order valence-corrected chi connectivity index (χ1v) is 10.3. The average molecular weight is 435 g/mol. The van der Waals surface area contributed by atoms with Crippen molar-refractivity contribution in [1.82, 2.24) is 4.90 Å². The maximum Gasteiger partial charge on any atom is 0.413 e. The van der Waals surface area contributed by atoms with Crippen LogP contribution in [-0.4, -0.2) is 43.8 Å². The number of nitrogens with one attached hydrogen (secondary N) is 1. The van der Waals surface area contributed by atoms with Crippen LogP contribution in [0.2, 0.25) is 0 Å². The van der Waals surface area contributed by atoms with Crippen molar-refractivity contribution in [1.29, 1.82) is 0 Å². The van der Waals surface area contributed by atoms with Gasteiger partial charge in [-0.05, 0) is 35.2 Å². The molecule has 2 aromatic carbocycles. The lowest BCUT2D eigenvalue weighted by Crippen LogP contribution is -2.40. The molecule has 0 spiro atoms. The number of methoxy groups -OCH3 is 1. The molecule has 0 heterocycles. The van der Waals surface area contributed by atoms with Gasteiger partial charge in [0.15, 0.2) is 6.04 Å². The van der Waals surface area contributed by atoms with E-state index in [9.17, 15) is 18.0 Å². The van der Waals surface area contributed by atoms with Gasteiger partial charge in [0.05, 0.1) is 13.0 Å². The van der Waals surface area contributed by atoms with Crippen LogP contribution in [0.15, 0.2) is 48.5 Å². The van der Waals surface area contributed by atoms with Gasteiger partial charge in [0.25, 0.3) is 0 Å². The minimum Gasteiger partial charge on any atom is -0.384 e. The van der Waals surface area contributed by atoms with Gasteiger partial charge >= 0.3 is 6.18 Å². The molecule has 3 rings (SSSR count). The minimum absolute atomic E-state index is 0.0280. The molecule has 0 radical (unpaired) electrons. The molecule has 0 saturated carbocycles. The van der Waals surface area contributed by atoms with E-state index < -0.39 is 18.1 Å². The second-order valence-corrected chi connectivity index (χ2v) is 8.59. The van der Waals surface area contributed by atoms with Crippen molar-refractivity contribution in [2.24, 2.45) is 0 Å². The molecule has 1 unspecified atom stereocenters. The number of rotatable bonds is 7. The molecule has 1 amide bonds. The van der Waals surface area contributed by atoms with E-state index in [0.717, 1.165) is 17.0 Å². The number of anilines is 1. The van der Waals surface area contributed by atoms with Crippen molar-refractivity contribution >= 4 is 11.6 Å². The fraction of sp³-hybridized carbons (Fsp3) is 0.458. The Morgan fingerprint density at radius 2 is 1.84 bits per heavy atom. The van der Waals surface area contributed by atoms with E-state index in [0.29, 0.717) is 0 Å². The first-order valence-electron chi connectivity index (χ1n) is 10.3. The van der Waals surface area contributed by atoms with Gasteiger partial charge in [-0.3, -0.25) is 4.79 Å². The number of benzene rings is 2. The normalized spacial score (nSPS) is 18.4. The molecule has 1 N–H and O–H groups in total. The van der Waals surface area contributed by atoms with Crippen LogP contribution in [0.25, 0.3) is 0 Å². The number of amides is 1. The summed E-state index contributed by atoms with van der Waals surface area (Å²) in [7, 11) is 2.59. The fourth-order valence-electron chi connectivity index (χ4n) is 4.33. The van der Waals surface area contributed by atoms with Crippen LogP contribution in [0, 0.1) is 0 Å². The Morgan fingerprint density at radius 1 is 1.19 bits per heavy atom. The van der Waals surface area contributed by atoms with Crippen molar-refractivity contribution in [2.75, 3.05) is 26.1 Å². The molecule has 4 nitrogen and oxygen atoms in total. The lowest BCUT2D eigenvalue weighted by molar-refractivity contribution is -0.189. The Bertz CT molecular complexity index is 910. The number of halogens is 3. The third-order valence-corrected chi connectivity index (χ3v) is 6.18. The van der Waals surface area contributed by atoms with Gasteiger partial charge in [-0.15, -0.1) is 0 Å². The van der Waals surface area contributed by atoms with Gasteiger partial charge in [-0.2, -0.15) is 13.2 Å². The summed E-state index contributed by atoms with van der Waals surface area (Å²) in [6.45, 7) is 4.42. The highest BCUT2D eigenvalue weighted by molar-refractivity contribution is 5.76. The molecule has 0 aliphatic heterocycles. The number of carbonyl (C=O) groups excluding carboxylic acids is 1. The fourth-order valence-corrected chi connectivity index (χ4v) is 4.33. The highest BCUT2D eigenvalue weighted by atomic mass is 19.4. The Kier molecular flexibility index (Phi) is 6.65. The van der Waals surface area contributed by atoms with Gasteiger partial charge in [0, 0.05) is 31.3 Å². The lowest BCUT2D eigenvalue weighted by Gasteiger charge is -2.31. The summed E-state index contributed by atoms with van der Waals surface area (Å²) in [5.41, 5.74) is 3.26. The predicted molar refractivity (Wildman–Crippen MR) is 115 cm³/mol. The van der Waals surface area contributed by atoms with Crippen LogP contribution < -0.4 is 5.32 Å². The standard InChI is InChI=1S/C24H29F3N2O2/c1-23(2)19-8-6-5-7-17(19)15-20(23)28-18-11-9-16(10-12-18)22(24(25,26)27)29(3)21(30)13-14-31-4/h5-12,20,22,28H,13-15H2,1-4H3/t20?,22-/m0/s1. The summed E-state index contributed by atoms with van der Waals surface area (Å²) in [5, 5.41) is 3.48. The number of fused-ring (bicyclic) bond motifs is 1. The first kappa shape index (κ1) is 23.1. The Morgan fingerprint density at radius 3 is 2.42 bits per heavy atom. The number of ether oxygens (including phenoxy) is 1. The molecule has 0 saturated heterocycles. The molecule has 1 aliphatic carbocycles. The van der Waals surface area contributed by atoms with Crippen molar-refractivity contribution in [3.8, 4) is 0 Å². The topological polar surface area (TPSA) is 41.6 Å². The summed E-state index contributed by atoms with van der Waals surface area (Å²) in [6, 6.07) is 12.6. The zero-order valence-corrected chi connectivity index (χ0v) is 18.3. The SMILES string of the molecule is COCCC(=O)N(C)[C@@H](c1ccc(NC2Cc3ccccc3C2(C)C)cc1)C(F)(F)F. The van der Waals surface area contributed by atoms with Gasteiger partial charge in [-0.1, -0.05) is 50.2 Å². The quantitative estimate of drug-likeness (QED) is 0.659.